The summed E-state index contributed by atoms with van der Waals surface area (Å²) in [5.41, 5.74) is 0. The maximum atomic E-state index is 14.2. The molecule has 0 aromatic carbocycles. The Morgan fingerprint density at radius 1 is 1.42 bits per heavy atom. The summed E-state index contributed by atoms with van der Waals surface area (Å²) in [6, 6.07) is -0.614. The first-order valence-corrected chi connectivity index (χ1v) is 13.9. The first-order chi connectivity index (χ1) is 15.8. The molecule has 9 heteroatoms. The zero-order valence-corrected chi connectivity index (χ0v) is 22.3. The van der Waals surface area contributed by atoms with Crippen molar-refractivity contribution in [1.29, 1.82) is 0 Å². The average molecular weight is 546 g/mol. The van der Waals surface area contributed by atoms with Gasteiger partial charge in [0.25, 0.3) is 0 Å². The van der Waals surface area contributed by atoms with Crippen molar-refractivity contribution in [3.8, 4) is 0 Å². The number of carbonyl (C=O) groups excluding carboxylic acids is 3. The van der Waals surface area contributed by atoms with E-state index in [1.54, 1.807) is 29.7 Å². The molecule has 0 saturated carbocycles. The molecule has 1 spiro atoms. The van der Waals surface area contributed by atoms with Gasteiger partial charge in [-0.05, 0) is 39.5 Å². The quantitative estimate of drug-likeness (QED) is 0.176. The first kappa shape index (κ1) is 26.5. The Bertz CT molecular complexity index is 767. The topological polar surface area (TPSA) is 87.2 Å². The molecule has 3 aliphatic heterocycles. The lowest BCUT2D eigenvalue weighted by molar-refractivity contribution is -0.153. The highest BCUT2D eigenvalue weighted by Crippen LogP contribution is 2.68. The van der Waals surface area contributed by atoms with Crippen molar-refractivity contribution >= 4 is 45.5 Å². The van der Waals surface area contributed by atoms with Gasteiger partial charge in [0.2, 0.25) is 11.8 Å². The molecule has 2 amide bonds. The molecule has 3 aliphatic rings. The third kappa shape index (κ3) is 4.61. The largest absolute Gasteiger partial charge is 0.466 e. The van der Waals surface area contributed by atoms with E-state index < -0.39 is 22.6 Å². The molecule has 3 saturated heterocycles. The second-order valence-electron chi connectivity index (χ2n) is 9.29. The van der Waals surface area contributed by atoms with Gasteiger partial charge in [-0.2, -0.15) is 0 Å². The van der Waals surface area contributed by atoms with Gasteiger partial charge in [0.1, 0.15) is 6.04 Å². The number of hydrogen-bond acceptors (Lipinski definition) is 6. The number of aliphatic hydroxyl groups excluding tert-OH is 1. The molecule has 0 radical (unpaired) electrons. The van der Waals surface area contributed by atoms with Crippen LogP contribution in [0.25, 0.3) is 0 Å². The van der Waals surface area contributed by atoms with Gasteiger partial charge in [-0.25, -0.2) is 0 Å². The Kier molecular flexibility index (Phi) is 8.94. The maximum Gasteiger partial charge on any atom is 0.310 e. The molecule has 3 fully saturated rings. The molecule has 33 heavy (non-hydrogen) atoms. The van der Waals surface area contributed by atoms with Crippen LogP contribution in [-0.4, -0.2) is 85.9 Å². The number of fused-ring (bicyclic) bond motifs is 1. The highest BCUT2D eigenvalue weighted by molar-refractivity contribution is 9.09. The molecule has 3 heterocycles. The molecule has 2 bridgehead atoms. The van der Waals surface area contributed by atoms with Crippen LogP contribution in [0.3, 0.4) is 0 Å². The molecule has 7 nitrogen and oxygen atoms in total. The molecule has 7 atom stereocenters. The van der Waals surface area contributed by atoms with Crippen molar-refractivity contribution in [2.75, 3.05) is 26.3 Å². The fourth-order valence-corrected chi connectivity index (χ4v) is 9.50. The number of likely N-dealkylation sites (tertiary alicyclic amines) is 1. The van der Waals surface area contributed by atoms with E-state index in [1.807, 2.05) is 11.8 Å². The summed E-state index contributed by atoms with van der Waals surface area (Å²) >= 11 is 5.39. The number of alkyl halides is 1. The number of halogens is 1. The van der Waals surface area contributed by atoms with E-state index in [2.05, 4.69) is 29.4 Å². The number of aliphatic hydroxyl groups is 1. The van der Waals surface area contributed by atoms with Gasteiger partial charge in [0, 0.05) is 35.8 Å². The molecular formula is C24H37BrN2O5S. The van der Waals surface area contributed by atoms with Crippen LogP contribution in [0.4, 0.5) is 0 Å². The fourth-order valence-electron chi connectivity index (χ4n) is 5.91. The van der Waals surface area contributed by atoms with Crippen molar-refractivity contribution in [3.05, 3.63) is 12.7 Å². The van der Waals surface area contributed by atoms with Gasteiger partial charge >= 0.3 is 5.97 Å². The van der Waals surface area contributed by atoms with Crippen LogP contribution in [0.15, 0.2) is 12.7 Å². The second-order valence-corrected chi connectivity index (χ2v) is 12.0. The summed E-state index contributed by atoms with van der Waals surface area (Å²) in [7, 11) is 0. The molecule has 1 N–H and O–H groups in total. The molecule has 3 rings (SSSR count). The Morgan fingerprint density at radius 2 is 2.15 bits per heavy atom. The molecule has 0 aromatic heterocycles. The number of unbranched alkanes of at least 4 members (excludes halogenated alkanes) is 1. The van der Waals surface area contributed by atoms with E-state index in [0.29, 0.717) is 32.4 Å². The number of rotatable bonds is 12. The highest BCUT2D eigenvalue weighted by Gasteiger charge is 2.76. The number of esters is 1. The zero-order valence-electron chi connectivity index (χ0n) is 19.9. The van der Waals surface area contributed by atoms with E-state index in [-0.39, 0.29) is 47.1 Å². The molecular weight excluding hydrogens is 508 g/mol. The zero-order chi connectivity index (χ0) is 24.3. The Labute approximate surface area is 209 Å². The highest BCUT2D eigenvalue weighted by atomic mass is 79.9. The van der Waals surface area contributed by atoms with Crippen LogP contribution in [0.5, 0.6) is 0 Å². The minimum absolute atomic E-state index is 0.0227. The monoisotopic (exact) mass is 544 g/mol. The van der Waals surface area contributed by atoms with Gasteiger partial charge in [-0.1, -0.05) is 35.4 Å². The predicted molar refractivity (Wildman–Crippen MR) is 133 cm³/mol. The number of nitrogens with zero attached hydrogens (tertiary/aromatic N) is 2. The number of carbonyl (C=O) groups is 3. The first-order valence-electron chi connectivity index (χ1n) is 12.1. The lowest BCUT2D eigenvalue weighted by Crippen LogP contribution is -2.57. The molecule has 186 valence electrons. The minimum atomic E-state index is -0.658. The number of ether oxygens (including phenoxy) is 1. The van der Waals surface area contributed by atoms with Crippen LogP contribution in [0.1, 0.15) is 52.9 Å². The van der Waals surface area contributed by atoms with Crippen LogP contribution < -0.4 is 0 Å². The van der Waals surface area contributed by atoms with Crippen LogP contribution in [-0.2, 0) is 19.1 Å². The smallest absolute Gasteiger partial charge is 0.310 e. The van der Waals surface area contributed by atoms with Gasteiger partial charge in [-0.15, -0.1) is 18.3 Å². The third-order valence-corrected chi connectivity index (χ3v) is 10.5. The van der Waals surface area contributed by atoms with E-state index in [1.165, 1.54) is 0 Å². The Balaban J connectivity index is 2.03. The average Bonchev–Trinajstić information content (AvgIpc) is 3.36. The summed E-state index contributed by atoms with van der Waals surface area (Å²) < 4.78 is 4.72. The standard InChI is InChI=1S/C24H37BrN2O5S/c1-5-10-15(4)26(11-6-2)22(30)20-24-14-16(25)19(33-24)17(23(31)32-7-3)18(24)21(29)27(20)12-8-9-13-28/h6,15-20,28H,2,5,7-14H2,1,3-4H3/t15?,16?,17-,18-,19-,20?,24?/m0/s1. The Morgan fingerprint density at radius 3 is 2.76 bits per heavy atom. The normalized spacial score (nSPS) is 33.2. The summed E-state index contributed by atoms with van der Waals surface area (Å²) in [5, 5.41) is 9.19. The minimum Gasteiger partial charge on any atom is -0.466 e. The van der Waals surface area contributed by atoms with Crippen molar-refractivity contribution in [3.63, 3.8) is 0 Å². The maximum absolute atomic E-state index is 14.2. The van der Waals surface area contributed by atoms with E-state index in [4.69, 9.17) is 4.74 Å². The van der Waals surface area contributed by atoms with Crippen molar-refractivity contribution in [2.45, 2.75) is 79.8 Å². The van der Waals surface area contributed by atoms with Crippen molar-refractivity contribution in [1.82, 2.24) is 9.80 Å². The van der Waals surface area contributed by atoms with Gasteiger partial charge in [0.15, 0.2) is 0 Å². The van der Waals surface area contributed by atoms with Crippen LogP contribution in [0, 0.1) is 11.8 Å². The summed E-state index contributed by atoms with van der Waals surface area (Å²) in [6.45, 7) is 10.9. The lowest BCUT2D eigenvalue weighted by atomic mass is 9.71. The molecule has 4 unspecified atom stereocenters. The van der Waals surface area contributed by atoms with E-state index >= 15 is 0 Å². The number of hydrogen-bond donors (Lipinski definition) is 1. The second kappa shape index (κ2) is 11.1. The predicted octanol–water partition coefficient (Wildman–Crippen LogP) is 2.99. The van der Waals surface area contributed by atoms with Gasteiger partial charge in [0.05, 0.1) is 23.2 Å². The van der Waals surface area contributed by atoms with Crippen LogP contribution in [0.2, 0.25) is 0 Å². The van der Waals surface area contributed by atoms with Gasteiger partial charge in [-0.3, -0.25) is 14.4 Å². The number of amides is 2. The van der Waals surface area contributed by atoms with Crippen LogP contribution >= 0.6 is 27.7 Å². The van der Waals surface area contributed by atoms with Gasteiger partial charge < -0.3 is 19.6 Å². The fraction of sp³-hybridized carbons (Fsp3) is 0.792. The lowest BCUT2D eigenvalue weighted by Gasteiger charge is -2.39. The summed E-state index contributed by atoms with van der Waals surface area (Å²) in [6.07, 6.45) is 5.37. The molecule has 0 aliphatic carbocycles. The summed E-state index contributed by atoms with van der Waals surface area (Å²) in [5.74, 6) is -1.64. The Hall–Kier alpha value is -1.06. The van der Waals surface area contributed by atoms with E-state index in [9.17, 15) is 19.5 Å². The summed E-state index contributed by atoms with van der Waals surface area (Å²) in [4.78, 5) is 44.5. The molecule has 0 aromatic rings. The van der Waals surface area contributed by atoms with Crippen molar-refractivity contribution in [2.24, 2.45) is 11.8 Å². The number of thioether (sulfide) groups is 1. The third-order valence-electron chi connectivity index (χ3n) is 7.24. The van der Waals surface area contributed by atoms with E-state index in [0.717, 1.165) is 12.8 Å². The SMILES string of the molecule is C=CCN(C(=O)C1N(CCCCO)C(=O)[C@@H]2[C@H](C(=O)OCC)[C@H]3SC12CC3Br)C(C)CCC. The van der Waals surface area contributed by atoms with Crippen molar-refractivity contribution < 1.29 is 24.2 Å².